The van der Waals surface area contributed by atoms with Crippen LogP contribution in [0.2, 0.25) is 0 Å². The molecule has 0 aliphatic rings. The lowest BCUT2D eigenvalue weighted by Crippen LogP contribution is -2.22. The molecule has 4 aromatic rings. The molecule has 0 aliphatic heterocycles. The first-order chi connectivity index (χ1) is 15.6. The van der Waals surface area contributed by atoms with Crippen LogP contribution in [0, 0.1) is 6.92 Å². The first-order valence-electron chi connectivity index (χ1n) is 10.3. The van der Waals surface area contributed by atoms with Gasteiger partial charge in [0.25, 0.3) is 0 Å². The molecule has 8 heteroatoms. The molecule has 32 heavy (non-hydrogen) atoms. The van der Waals surface area contributed by atoms with E-state index in [2.05, 4.69) is 15.6 Å². The number of rotatable bonds is 8. The minimum atomic E-state index is -0.0377. The van der Waals surface area contributed by atoms with E-state index in [9.17, 15) is 4.79 Å². The summed E-state index contributed by atoms with van der Waals surface area (Å²) in [5.41, 5.74) is 4.64. The summed E-state index contributed by atoms with van der Waals surface area (Å²) in [4.78, 5) is 20.4. The third kappa shape index (κ3) is 5.15. The maximum atomic E-state index is 11.2. The van der Waals surface area contributed by atoms with Crippen LogP contribution in [0.3, 0.4) is 0 Å². The number of nitrogens with one attached hydrogen (secondary N) is 2. The van der Waals surface area contributed by atoms with Crippen molar-refractivity contribution in [2.24, 2.45) is 0 Å². The van der Waals surface area contributed by atoms with E-state index in [1.165, 1.54) is 6.92 Å². The van der Waals surface area contributed by atoms with Gasteiger partial charge in [0.1, 0.15) is 5.03 Å². The molecule has 2 N–H and O–H groups in total. The highest BCUT2D eigenvalue weighted by molar-refractivity contribution is 7.99. The smallest absolute Gasteiger partial charge is 0.227 e. The Morgan fingerprint density at radius 2 is 1.75 bits per heavy atom. The zero-order valence-corrected chi connectivity index (χ0v) is 18.8. The van der Waals surface area contributed by atoms with Crippen LogP contribution >= 0.6 is 11.8 Å². The fourth-order valence-corrected chi connectivity index (χ4v) is 4.21. The Kier molecular flexibility index (Phi) is 6.81. The Bertz CT molecular complexity index is 1190. The first kappa shape index (κ1) is 21.6. The number of nitrogens with zero attached hydrogens (tertiary/aromatic N) is 4. The van der Waals surface area contributed by atoms with Crippen LogP contribution in [-0.4, -0.2) is 38.0 Å². The Hall–Kier alpha value is -3.65. The molecule has 0 aliphatic carbocycles. The minimum absolute atomic E-state index is 0.0377. The standard InChI is InChI=1S/C24H24N6OS/c1-17-22(21-13-14-26-24(28-21)27-19-9-5-3-6-10-19)23(32-16-15-25-18(2)31)29-30(17)20-11-7-4-8-12-20/h3-14H,15-16H2,1-2H3,(H,25,31)(H,26,27,28). The van der Waals surface area contributed by atoms with Gasteiger partial charge in [-0.2, -0.15) is 5.10 Å². The van der Waals surface area contributed by atoms with Crippen LogP contribution in [0.25, 0.3) is 16.9 Å². The molecule has 4 rings (SSSR count). The van der Waals surface area contributed by atoms with Crippen molar-refractivity contribution in [1.82, 2.24) is 25.1 Å². The zero-order valence-electron chi connectivity index (χ0n) is 17.9. The van der Waals surface area contributed by atoms with E-state index < -0.39 is 0 Å². The highest BCUT2D eigenvalue weighted by atomic mass is 32.2. The second-order valence-corrected chi connectivity index (χ2v) is 8.18. The highest BCUT2D eigenvalue weighted by Crippen LogP contribution is 2.34. The van der Waals surface area contributed by atoms with Gasteiger partial charge in [-0.1, -0.05) is 36.4 Å². The number of para-hydroxylation sites is 2. The Balaban J connectivity index is 1.69. The van der Waals surface area contributed by atoms with Crippen molar-refractivity contribution in [1.29, 1.82) is 0 Å². The van der Waals surface area contributed by atoms with Crippen LogP contribution in [0.1, 0.15) is 12.6 Å². The topological polar surface area (TPSA) is 84.7 Å². The number of hydrogen-bond acceptors (Lipinski definition) is 6. The predicted molar refractivity (Wildman–Crippen MR) is 128 cm³/mol. The van der Waals surface area contributed by atoms with Crippen molar-refractivity contribution in [3.05, 3.63) is 78.6 Å². The molecule has 0 saturated heterocycles. The molecule has 0 unspecified atom stereocenters. The van der Waals surface area contributed by atoms with E-state index in [0.29, 0.717) is 18.2 Å². The summed E-state index contributed by atoms with van der Waals surface area (Å²) in [6.45, 7) is 4.13. The number of amides is 1. The summed E-state index contributed by atoms with van der Waals surface area (Å²) >= 11 is 1.60. The summed E-state index contributed by atoms with van der Waals surface area (Å²) in [7, 11) is 0. The third-order valence-electron chi connectivity index (χ3n) is 4.74. The van der Waals surface area contributed by atoms with Gasteiger partial charge in [0, 0.05) is 31.1 Å². The van der Waals surface area contributed by atoms with Crippen LogP contribution in [-0.2, 0) is 4.79 Å². The van der Waals surface area contributed by atoms with Crippen molar-refractivity contribution >= 4 is 29.3 Å². The van der Waals surface area contributed by atoms with E-state index in [1.807, 2.05) is 78.3 Å². The molecule has 0 radical (unpaired) electrons. The lowest BCUT2D eigenvalue weighted by atomic mass is 10.2. The van der Waals surface area contributed by atoms with Gasteiger partial charge >= 0.3 is 0 Å². The fraction of sp³-hybridized carbons (Fsp3) is 0.167. The van der Waals surface area contributed by atoms with Crippen LogP contribution in [0.5, 0.6) is 0 Å². The lowest BCUT2D eigenvalue weighted by Gasteiger charge is -2.08. The molecule has 2 aromatic heterocycles. The maximum absolute atomic E-state index is 11.2. The largest absolute Gasteiger partial charge is 0.356 e. The molecule has 2 aromatic carbocycles. The third-order valence-corrected chi connectivity index (χ3v) is 5.71. The number of carbonyl (C=O) groups excluding carboxylic acids is 1. The molecule has 0 atom stereocenters. The van der Waals surface area contributed by atoms with Gasteiger partial charge in [-0.3, -0.25) is 4.79 Å². The van der Waals surface area contributed by atoms with Crippen molar-refractivity contribution in [2.45, 2.75) is 18.9 Å². The van der Waals surface area contributed by atoms with Gasteiger partial charge in [0.15, 0.2) is 0 Å². The van der Waals surface area contributed by atoms with E-state index in [4.69, 9.17) is 10.1 Å². The van der Waals surface area contributed by atoms with E-state index in [0.717, 1.165) is 33.4 Å². The number of benzene rings is 2. The van der Waals surface area contributed by atoms with Gasteiger partial charge in [-0.05, 0) is 37.3 Å². The second-order valence-electron chi connectivity index (χ2n) is 7.10. The maximum Gasteiger partial charge on any atom is 0.227 e. The summed E-state index contributed by atoms with van der Waals surface area (Å²) in [6, 6.07) is 21.7. The highest BCUT2D eigenvalue weighted by Gasteiger charge is 2.19. The van der Waals surface area contributed by atoms with Crippen molar-refractivity contribution in [3.8, 4) is 16.9 Å². The molecule has 7 nitrogen and oxygen atoms in total. The number of hydrogen-bond donors (Lipinski definition) is 2. The van der Waals surface area contributed by atoms with Gasteiger partial charge in [0.2, 0.25) is 11.9 Å². The fourth-order valence-electron chi connectivity index (χ4n) is 3.28. The van der Waals surface area contributed by atoms with Crippen LogP contribution in [0.4, 0.5) is 11.6 Å². The summed E-state index contributed by atoms with van der Waals surface area (Å²) < 4.78 is 1.93. The first-order valence-corrected chi connectivity index (χ1v) is 11.3. The molecular formula is C24H24N6OS. The zero-order chi connectivity index (χ0) is 22.3. The Morgan fingerprint density at radius 3 is 2.47 bits per heavy atom. The molecule has 162 valence electrons. The van der Waals surface area contributed by atoms with Crippen LogP contribution < -0.4 is 10.6 Å². The normalized spacial score (nSPS) is 10.7. The number of aromatic nitrogens is 4. The average molecular weight is 445 g/mol. The van der Waals surface area contributed by atoms with Gasteiger partial charge < -0.3 is 10.6 Å². The van der Waals surface area contributed by atoms with E-state index in [-0.39, 0.29) is 5.91 Å². The molecule has 0 bridgehead atoms. The quantitative estimate of drug-likeness (QED) is 0.305. The Labute approximate surface area is 191 Å². The molecule has 0 fully saturated rings. The number of anilines is 2. The lowest BCUT2D eigenvalue weighted by molar-refractivity contribution is -0.118. The summed E-state index contributed by atoms with van der Waals surface area (Å²) in [5.74, 6) is 1.19. The summed E-state index contributed by atoms with van der Waals surface area (Å²) in [6.07, 6.45) is 1.75. The molecule has 2 heterocycles. The molecule has 0 saturated carbocycles. The van der Waals surface area contributed by atoms with Gasteiger partial charge in [0.05, 0.1) is 22.6 Å². The molecule has 0 spiro atoms. The van der Waals surface area contributed by atoms with Crippen molar-refractivity contribution in [2.75, 3.05) is 17.6 Å². The Morgan fingerprint density at radius 1 is 1.03 bits per heavy atom. The van der Waals surface area contributed by atoms with Gasteiger partial charge in [-0.25, -0.2) is 14.6 Å². The SMILES string of the molecule is CC(=O)NCCSc1nn(-c2ccccc2)c(C)c1-c1ccnc(Nc2ccccc2)n1. The number of carbonyl (C=O) groups is 1. The summed E-state index contributed by atoms with van der Waals surface area (Å²) in [5, 5.41) is 11.8. The molecular weight excluding hydrogens is 420 g/mol. The van der Waals surface area contributed by atoms with E-state index >= 15 is 0 Å². The van der Waals surface area contributed by atoms with Crippen molar-refractivity contribution < 1.29 is 4.79 Å². The second kappa shape index (κ2) is 10.1. The minimum Gasteiger partial charge on any atom is -0.356 e. The monoisotopic (exact) mass is 444 g/mol. The van der Waals surface area contributed by atoms with Crippen molar-refractivity contribution in [3.63, 3.8) is 0 Å². The predicted octanol–water partition coefficient (Wildman–Crippen LogP) is 4.61. The van der Waals surface area contributed by atoms with Gasteiger partial charge in [-0.15, -0.1) is 11.8 Å². The number of thioether (sulfide) groups is 1. The molecule has 1 amide bonds. The van der Waals surface area contributed by atoms with Crippen LogP contribution in [0.15, 0.2) is 78.0 Å². The van der Waals surface area contributed by atoms with E-state index in [1.54, 1.807) is 18.0 Å². The average Bonchev–Trinajstić information content (AvgIpc) is 3.14.